The molecule has 1 N–H and O–H groups in total. The van der Waals surface area contributed by atoms with Gasteiger partial charge in [-0.15, -0.1) is 0 Å². The minimum Gasteiger partial charge on any atom is -0.463 e. The zero-order chi connectivity index (χ0) is 21.1. The van der Waals surface area contributed by atoms with E-state index in [1.165, 1.54) is 4.90 Å². The van der Waals surface area contributed by atoms with E-state index in [1.807, 2.05) is 0 Å². The van der Waals surface area contributed by atoms with Crippen molar-refractivity contribution >= 4 is 35.2 Å². The molecule has 158 valence electrons. The van der Waals surface area contributed by atoms with E-state index in [9.17, 15) is 9.59 Å². The van der Waals surface area contributed by atoms with Crippen molar-refractivity contribution in [1.29, 1.82) is 0 Å². The molecule has 2 amide bonds. The quantitative estimate of drug-likeness (QED) is 0.712. The second-order valence-corrected chi connectivity index (χ2v) is 8.09. The van der Waals surface area contributed by atoms with Gasteiger partial charge in [0.2, 0.25) is 0 Å². The zero-order valence-corrected chi connectivity index (χ0v) is 18.4. The average molecular weight is 441 g/mol. The summed E-state index contributed by atoms with van der Waals surface area (Å²) in [4.78, 5) is 31.6. The summed E-state index contributed by atoms with van der Waals surface area (Å²) in [6.07, 6.45) is 0. The number of hydrogen-bond acceptors (Lipinski definition) is 5. The van der Waals surface area contributed by atoms with Crippen LogP contribution in [0.1, 0.15) is 18.5 Å². The van der Waals surface area contributed by atoms with Gasteiger partial charge in [-0.2, -0.15) is 0 Å². The maximum atomic E-state index is 12.9. The number of nitrogens with one attached hydrogen (secondary N) is 1. The summed E-state index contributed by atoms with van der Waals surface area (Å²) in [6, 6.07) is 4.16. The number of esters is 1. The van der Waals surface area contributed by atoms with Crippen LogP contribution < -0.4 is 5.32 Å². The Morgan fingerprint density at radius 2 is 1.86 bits per heavy atom. The van der Waals surface area contributed by atoms with Gasteiger partial charge in [-0.05, 0) is 31.7 Å². The van der Waals surface area contributed by atoms with Gasteiger partial charge < -0.3 is 15.0 Å². The lowest BCUT2D eigenvalue weighted by Crippen LogP contribution is -2.51. The number of nitrogens with zero attached hydrogens (tertiary/aromatic N) is 3. The SMILES string of the molecule is CCOC(=O)C1=C(CN2CCN(C)CC2)N(C)C(=O)NC1c1ccc(Cl)c(Cl)c1. The summed E-state index contributed by atoms with van der Waals surface area (Å²) in [6.45, 7) is 6.10. The van der Waals surface area contributed by atoms with Gasteiger partial charge in [0.25, 0.3) is 0 Å². The summed E-state index contributed by atoms with van der Waals surface area (Å²) < 4.78 is 5.35. The Balaban J connectivity index is 2.03. The second kappa shape index (κ2) is 9.34. The molecular formula is C20H26Cl2N4O3. The van der Waals surface area contributed by atoms with Crippen molar-refractivity contribution in [2.24, 2.45) is 0 Å². The minimum absolute atomic E-state index is 0.246. The molecule has 0 aliphatic carbocycles. The fourth-order valence-corrected chi connectivity index (χ4v) is 3.86. The summed E-state index contributed by atoms with van der Waals surface area (Å²) in [5.74, 6) is -0.445. The summed E-state index contributed by atoms with van der Waals surface area (Å²) in [5, 5.41) is 3.67. The molecule has 2 aliphatic rings. The van der Waals surface area contributed by atoms with Gasteiger partial charge in [-0.1, -0.05) is 29.3 Å². The van der Waals surface area contributed by atoms with E-state index in [0.717, 1.165) is 26.2 Å². The van der Waals surface area contributed by atoms with E-state index in [0.29, 0.717) is 33.4 Å². The average Bonchev–Trinajstić information content (AvgIpc) is 2.69. The molecule has 0 bridgehead atoms. The molecule has 7 nitrogen and oxygen atoms in total. The summed E-state index contributed by atoms with van der Waals surface area (Å²) in [7, 11) is 3.76. The van der Waals surface area contributed by atoms with Crippen LogP contribution in [0.4, 0.5) is 4.79 Å². The first kappa shape index (κ1) is 21.9. The van der Waals surface area contributed by atoms with Gasteiger partial charge >= 0.3 is 12.0 Å². The van der Waals surface area contributed by atoms with Crippen molar-refractivity contribution in [3.63, 3.8) is 0 Å². The first-order chi connectivity index (χ1) is 13.8. The van der Waals surface area contributed by atoms with Gasteiger partial charge in [0.1, 0.15) is 0 Å². The van der Waals surface area contributed by atoms with E-state index >= 15 is 0 Å². The molecule has 0 aromatic heterocycles. The van der Waals surface area contributed by atoms with Crippen LogP contribution >= 0.6 is 23.2 Å². The van der Waals surface area contributed by atoms with Crippen molar-refractivity contribution < 1.29 is 14.3 Å². The van der Waals surface area contributed by atoms with E-state index in [-0.39, 0.29) is 12.6 Å². The Kier molecular flexibility index (Phi) is 7.05. The number of benzene rings is 1. The second-order valence-electron chi connectivity index (χ2n) is 7.28. The Labute approximate surface area is 181 Å². The van der Waals surface area contributed by atoms with Gasteiger partial charge in [0, 0.05) is 45.5 Å². The topological polar surface area (TPSA) is 65.1 Å². The largest absolute Gasteiger partial charge is 0.463 e. The lowest BCUT2D eigenvalue weighted by molar-refractivity contribution is -0.139. The molecular weight excluding hydrogens is 415 g/mol. The highest BCUT2D eigenvalue weighted by molar-refractivity contribution is 6.42. The van der Waals surface area contributed by atoms with Crippen molar-refractivity contribution in [2.75, 3.05) is 53.4 Å². The fraction of sp³-hybridized carbons (Fsp3) is 0.500. The van der Waals surface area contributed by atoms with Crippen LogP contribution in [0.25, 0.3) is 0 Å². The molecule has 0 radical (unpaired) electrons. The molecule has 1 atom stereocenters. The number of carbonyl (C=O) groups is 2. The van der Waals surface area contributed by atoms with Crippen LogP contribution in [-0.2, 0) is 9.53 Å². The molecule has 0 saturated carbocycles. The first-order valence-corrected chi connectivity index (χ1v) is 10.4. The third-order valence-corrected chi connectivity index (χ3v) is 6.06. The fourth-order valence-electron chi connectivity index (χ4n) is 3.56. The van der Waals surface area contributed by atoms with Crippen LogP contribution in [0.15, 0.2) is 29.5 Å². The van der Waals surface area contributed by atoms with Crippen LogP contribution in [0.2, 0.25) is 10.0 Å². The molecule has 3 rings (SSSR count). The molecule has 0 spiro atoms. The van der Waals surface area contributed by atoms with Crippen LogP contribution in [0, 0.1) is 0 Å². The molecule has 1 fully saturated rings. The minimum atomic E-state index is -0.657. The zero-order valence-electron chi connectivity index (χ0n) is 16.9. The third-order valence-electron chi connectivity index (χ3n) is 5.32. The molecule has 1 saturated heterocycles. The Hall–Kier alpha value is -1.80. The number of rotatable bonds is 5. The van der Waals surface area contributed by atoms with Crippen LogP contribution in [0.5, 0.6) is 0 Å². The first-order valence-electron chi connectivity index (χ1n) is 9.62. The van der Waals surface area contributed by atoms with Gasteiger partial charge in [0.15, 0.2) is 0 Å². The number of ether oxygens (including phenoxy) is 1. The number of halogens is 2. The van der Waals surface area contributed by atoms with E-state index in [4.69, 9.17) is 27.9 Å². The Morgan fingerprint density at radius 3 is 2.48 bits per heavy atom. The van der Waals surface area contributed by atoms with Gasteiger partial charge in [0.05, 0.1) is 28.3 Å². The van der Waals surface area contributed by atoms with Crippen molar-refractivity contribution in [3.05, 3.63) is 45.1 Å². The molecule has 29 heavy (non-hydrogen) atoms. The molecule has 2 heterocycles. The molecule has 9 heteroatoms. The maximum absolute atomic E-state index is 12.9. The lowest BCUT2D eigenvalue weighted by atomic mass is 9.94. The number of carbonyl (C=O) groups excluding carboxylic acids is 2. The predicted octanol–water partition coefficient (Wildman–Crippen LogP) is 2.75. The number of likely N-dealkylation sites (N-methyl/N-ethyl adjacent to an activating group) is 2. The predicted molar refractivity (Wildman–Crippen MR) is 113 cm³/mol. The molecule has 1 aromatic carbocycles. The highest BCUT2D eigenvalue weighted by atomic mass is 35.5. The Morgan fingerprint density at radius 1 is 1.17 bits per heavy atom. The molecule has 2 aliphatic heterocycles. The summed E-state index contributed by atoms with van der Waals surface area (Å²) in [5.41, 5.74) is 1.75. The summed E-state index contributed by atoms with van der Waals surface area (Å²) >= 11 is 12.2. The number of urea groups is 1. The highest BCUT2D eigenvalue weighted by Gasteiger charge is 2.37. The van der Waals surface area contributed by atoms with Gasteiger partial charge in [-0.25, -0.2) is 9.59 Å². The normalized spacial score (nSPS) is 21.3. The number of piperazine rings is 1. The molecule has 1 aromatic rings. The van der Waals surface area contributed by atoms with Crippen molar-refractivity contribution in [3.8, 4) is 0 Å². The van der Waals surface area contributed by atoms with E-state index in [1.54, 1.807) is 32.2 Å². The highest BCUT2D eigenvalue weighted by Crippen LogP contribution is 2.34. The van der Waals surface area contributed by atoms with Gasteiger partial charge in [-0.3, -0.25) is 9.80 Å². The standard InChI is InChI=1S/C20H26Cl2N4O3/c1-4-29-19(27)17-16(12-26-9-7-24(2)8-10-26)25(3)20(28)23-18(17)13-5-6-14(21)15(22)11-13/h5-6,11,18H,4,7-10,12H2,1-3H3,(H,23,28). The monoisotopic (exact) mass is 440 g/mol. The van der Waals surface area contributed by atoms with E-state index < -0.39 is 12.0 Å². The smallest absolute Gasteiger partial charge is 0.338 e. The van der Waals surface area contributed by atoms with Crippen molar-refractivity contribution in [1.82, 2.24) is 20.0 Å². The molecule has 1 unspecified atom stereocenters. The lowest BCUT2D eigenvalue weighted by Gasteiger charge is -2.39. The Bertz CT molecular complexity index is 822. The van der Waals surface area contributed by atoms with Crippen LogP contribution in [0.3, 0.4) is 0 Å². The maximum Gasteiger partial charge on any atom is 0.338 e. The number of hydrogen-bond donors (Lipinski definition) is 1. The third kappa shape index (κ3) is 4.86. The van der Waals surface area contributed by atoms with E-state index in [2.05, 4.69) is 22.2 Å². The number of amides is 2. The van der Waals surface area contributed by atoms with Crippen LogP contribution in [-0.4, -0.2) is 80.1 Å². The van der Waals surface area contributed by atoms with Crippen molar-refractivity contribution in [2.45, 2.75) is 13.0 Å².